The molecule has 4 rings (SSSR count). The van der Waals surface area contributed by atoms with Gasteiger partial charge in [-0.05, 0) is 73.7 Å². The molecule has 0 aliphatic heterocycles. The Balaban J connectivity index is 1.62. The maximum Gasteiger partial charge on any atom is 0.264 e. The first-order chi connectivity index (χ1) is 15.3. The van der Waals surface area contributed by atoms with Crippen LogP contribution < -0.4 is 9.62 Å². The smallest absolute Gasteiger partial charge is 0.264 e. The molecule has 0 unspecified atom stereocenters. The van der Waals surface area contributed by atoms with Crippen LogP contribution in [0.4, 0.5) is 5.69 Å². The number of halogens is 1. The van der Waals surface area contributed by atoms with Crippen molar-refractivity contribution in [2.24, 2.45) is 0 Å². The van der Waals surface area contributed by atoms with Gasteiger partial charge in [-0.15, -0.1) is 0 Å². The standard InChI is InChI=1S/C25H25ClN2O3S/c1-18-9-13-21(14-10-18)28(32(30,31)22-15-11-20(26)12-16-22)17-25(29)27-24-8-4-6-19-5-2-3-7-23(19)24/h2-3,5,7,9-16,24H,4,6,8,17H2,1H3,(H,27,29)/t24-/m1/s1. The zero-order chi connectivity index (χ0) is 22.7. The third kappa shape index (κ3) is 4.81. The van der Waals surface area contributed by atoms with Crippen LogP contribution in [-0.4, -0.2) is 20.9 Å². The SMILES string of the molecule is Cc1ccc(N(CC(=O)N[C@@H]2CCCc3ccccc32)S(=O)(=O)c2ccc(Cl)cc2)cc1. The topological polar surface area (TPSA) is 66.5 Å². The van der Waals surface area contributed by atoms with Crippen LogP contribution in [0.25, 0.3) is 0 Å². The fourth-order valence-electron chi connectivity index (χ4n) is 4.03. The fourth-order valence-corrected chi connectivity index (χ4v) is 5.58. The molecular formula is C25H25ClN2O3S. The van der Waals surface area contributed by atoms with E-state index in [0.717, 1.165) is 34.7 Å². The van der Waals surface area contributed by atoms with Gasteiger partial charge >= 0.3 is 0 Å². The Hall–Kier alpha value is -2.83. The maximum absolute atomic E-state index is 13.5. The molecule has 0 heterocycles. The zero-order valence-electron chi connectivity index (χ0n) is 17.8. The summed E-state index contributed by atoms with van der Waals surface area (Å²) in [6.45, 7) is 1.61. The molecule has 1 amide bonds. The van der Waals surface area contributed by atoms with Gasteiger partial charge in [0.15, 0.2) is 0 Å². The molecule has 0 aromatic heterocycles. The molecule has 1 N–H and O–H groups in total. The van der Waals surface area contributed by atoms with Gasteiger partial charge in [0.2, 0.25) is 5.91 Å². The van der Waals surface area contributed by atoms with Crippen LogP contribution in [0, 0.1) is 6.92 Å². The Morgan fingerprint density at radius 2 is 1.72 bits per heavy atom. The van der Waals surface area contributed by atoms with Gasteiger partial charge in [0, 0.05) is 5.02 Å². The normalized spacial score (nSPS) is 15.6. The number of aryl methyl sites for hydroxylation is 2. The van der Waals surface area contributed by atoms with Crippen molar-refractivity contribution in [3.8, 4) is 0 Å². The van der Waals surface area contributed by atoms with Crippen molar-refractivity contribution in [2.75, 3.05) is 10.8 Å². The molecule has 0 fully saturated rings. The Morgan fingerprint density at radius 3 is 2.44 bits per heavy atom. The molecule has 0 spiro atoms. The molecular weight excluding hydrogens is 444 g/mol. The van der Waals surface area contributed by atoms with Crippen molar-refractivity contribution in [1.82, 2.24) is 5.32 Å². The van der Waals surface area contributed by atoms with Crippen LogP contribution in [0.2, 0.25) is 5.02 Å². The average molecular weight is 469 g/mol. The number of carbonyl (C=O) groups excluding carboxylic acids is 1. The highest BCUT2D eigenvalue weighted by molar-refractivity contribution is 7.92. The summed E-state index contributed by atoms with van der Waals surface area (Å²) >= 11 is 5.94. The van der Waals surface area contributed by atoms with Gasteiger partial charge in [-0.25, -0.2) is 8.42 Å². The zero-order valence-corrected chi connectivity index (χ0v) is 19.4. The van der Waals surface area contributed by atoms with Gasteiger partial charge in [0.05, 0.1) is 16.6 Å². The summed E-state index contributed by atoms with van der Waals surface area (Å²) in [7, 11) is -3.97. The summed E-state index contributed by atoms with van der Waals surface area (Å²) in [5.41, 5.74) is 3.77. The molecule has 1 aliphatic rings. The number of carbonyl (C=O) groups is 1. The molecule has 1 aliphatic carbocycles. The van der Waals surface area contributed by atoms with Gasteiger partial charge in [-0.3, -0.25) is 9.10 Å². The summed E-state index contributed by atoms with van der Waals surface area (Å²) in [5, 5.41) is 3.50. The highest BCUT2D eigenvalue weighted by Gasteiger charge is 2.29. The number of hydrogen-bond acceptors (Lipinski definition) is 3. The predicted octanol–water partition coefficient (Wildman–Crippen LogP) is 5.04. The second-order valence-electron chi connectivity index (χ2n) is 8.01. The van der Waals surface area contributed by atoms with Crippen LogP contribution in [-0.2, 0) is 21.2 Å². The molecule has 166 valence electrons. The highest BCUT2D eigenvalue weighted by atomic mass is 35.5. The van der Waals surface area contributed by atoms with Crippen LogP contribution in [0.15, 0.2) is 77.7 Å². The molecule has 3 aromatic carbocycles. The van der Waals surface area contributed by atoms with Crippen LogP contribution >= 0.6 is 11.6 Å². The lowest BCUT2D eigenvalue weighted by molar-refractivity contribution is -0.120. The maximum atomic E-state index is 13.5. The average Bonchev–Trinajstić information content (AvgIpc) is 2.79. The second-order valence-corrected chi connectivity index (χ2v) is 10.3. The molecule has 0 saturated carbocycles. The molecule has 7 heteroatoms. The first-order valence-corrected chi connectivity index (χ1v) is 12.4. The number of fused-ring (bicyclic) bond motifs is 1. The van der Waals surface area contributed by atoms with Gasteiger partial charge in [-0.1, -0.05) is 53.6 Å². The summed E-state index contributed by atoms with van der Waals surface area (Å²) in [5.74, 6) is -0.343. The monoisotopic (exact) mass is 468 g/mol. The van der Waals surface area contributed by atoms with E-state index in [2.05, 4.69) is 11.4 Å². The van der Waals surface area contributed by atoms with E-state index in [1.165, 1.54) is 29.8 Å². The molecule has 0 radical (unpaired) electrons. The minimum absolute atomic E-state index is 0.0817. The number of nitrogens with one attached hydrogen (secondary N) is 1. The molecule has 1 atom stereocenters. The first kappa shape index (κ1) is 22.4. The molecule has 0 saturated heterocycles. The number of nitrogens with zero attached hydrogens (tertiary/aromatic N) is 1. The number of hydrogen-bond donors (Lipinski definition) is 1. The number of amides is 1. The van der Waals surface area contributed by atoms with Crippen molar-refractivity contribution >= 4 is 33.2 Å². The van der Waals surface area contributed by atoms with Crippen LogP contribution in [0.1, 0.15) is 35.6 Å². The highest BCUT2D eigenvalue weighted by Crippen LogP contribution is 2.30. The van der Waals surface area contributed by atoms with E-state index in [0.29, 0.717) is 10.7 Å². The van der Waals surface area contributed by atoms with E-state index >= 15 is 0 Å². The third-order valence-electron chi connectivity index (χ3n) is 5.72. The lowest BCUT2D eigenvalue weighted by Crippen LogP contribution is -2.42. The van der Waals surface area contributed by atoms with Crippen molar-refractivity contribution in [3.05, 3.63) is 94.5 Å². The van der Waals surface area contributed by atoms with Gasteiger partial charge in [0.1, 0.15) is 6.54 Å². The summed E-state index contributed by atoms with van der Waals surface area (Å²) in [6.07, 6.45) is 2.80. The van der Waals surface area contributed by atoms with E-state index in [-0.39, 0.29) is 23.4 Å². The van der Waals surface area contributed by atoms with Crippen molar-refractivity contribution < 1.29 is 13.2 Å². The summed E-state index contributed by atoms with van der Waals surface area (Å²) < 4.78 is 28.1. The molecule has 3 aromatic rings. The minimum atomic E-state index is -3.97. The van der Waals surface area contributed by atoms with Gasteiger partial charge in [-0.2, -0.15) is 0 Å². The molecule has 0 bridgehead atoms. The van der Waals surface area contributed by atoms with Crippen molar-refractivity contribution in [1.29, 1.82) is 0 Å². The summed E-state index contributed by atoms with van der Waals surface area (Å²) in [4.78, 5) is 13.1. The number of rotatable bonds is 6. The van der Waals surface area contributed by atoms with Gasteiger partial charge < -0.3 is 5.32 Å². The Labute approximate surface area is 194 Å². The third-order valence-corrected chi connectivity index (χ3v) is 7.76. The van der Waals surface area contributed by atoms with Crippen LogP contribution in [0.5, 0.6) is 0 Å². The number of anilines is 1. The Bertz CT molecular complexity index is 1210. The lowest BCUT2D eigenvalue weighted by atomic mass is 9.88. The van der Waals surface area contributed by atoms with Gasteiger partial charge in [0.25, 0.3) is 10.0 Å². The molecule has 32 heavy (non-hydrogen) atoms. The second kappa shape index (κ2) is 9.35. The van der Waals surface area contributed by atoms with Crippen molar-refractivity contribution in [2.45, 2.75) is 37.1 Å². The number of sulfonamides is 1. The Morgan fingerprint density at radius 1 is 1.03 bits per heavy atom. The quantitative estimate of drug-likeness (QED) is 0.551. The van der Waals surface area contributed by atoms with E-state index in [1.54, 1.807) is 12.1 Å². The fraction of sp³-hybridized carbons (Fsp3) is 0.240. The van der Waals surface area contributed by atoms with E-state index < -0.39 is 10.0 Å². The largest absolute Gasteiger partial charge is 0.348 e. The van der Waals surface area contributed by atoms with E-state index in [1.807, 2.05) is 37.3 Å². The van der Waals surface area contributed by atoms with E-state index in [4.69, 9.17) is 11.6 Å². The lowest BCUT2D eigenvalue weighted by Gasteiger charge is -2.28. The molecule has 5 nitrogen and oxygen atoms in total. The number of benzene rings is 3. The Kier molecular flexibility index (Phi) is 6.53. The van der Waals surface area contributed by atoms with E-state index in [9.17, 15) is 13.2 Å². The van der Waals surface area contributed by atoms with Crippen LogP contribution in [0.3, 0.4) is 0 Å². The van der Waals surface area contributed by atoms with Crippen molar-refractivity contribution in [3.63, 3.8) is 0 Å². The predicted molar refractivity (Wildman–Crippen MR) is 127 cm³/mol. The minimum Gasteiger partial charge on any atom is -0.348 e. The first-order valence-electron chi connectivity index (χ1n) is 10.6. The summed E-state index contributed by atoms with van der Waals surface area (Å²) in [6, 6.07) is 21.0.